The quantitative estimate of drug-likeness (QED) is 0.523. The normalized spacial score (nSPS) is 13.6. The molecule has 0 unspecified atom stereocenters. The number of carbonyl (C=O) groups is 1. The summed E-state index contributed by atoms with van der Waals surface area (Å²) in [6, 6.07) is 9.83. The van der Waals surface area contributed by atoms with Crippen molar-refractivity contribution in [3.63, 3.8) is 0 Å². The number of ether oxygens (including phenoxy) is 1. The topological polar surface area (TPSA) is 101 Å². The first kappa shape index (κ1) is 22.2. The van der Waals surface area contributed by atoms with E-state index in [2.05, 4.69) is 15.0 Å². The third-order valence-electron chi connectivity index (χ3n) is 4.77. The highest BCUT2D eigenvalue weighted by atomic mass is 32.2. The third kappa shape index (κ3) is 5.23. The Labute approximate surface area is 189 Å². The smallest absolute Gasteiger partial charge is 0.327 e. The molecule has 2 aromatic carbocycles. The minimum atomic E-state index is -3.65. The van der Waals surface area contributed by atoms with Crippen LogP contribution in [0.2, 0.25) is 0 Å². The number of aromatic nitrogens is 1. The Bertz CT molecular complexity index is 1260. The van der Waals surface area contributed by atoms with Crippen molar-refractivity contribution >= 4 is 38.2 Å². The van der Waals surface area contributed by atoms with Gasteiger partial charge in [0.1, 0.15) is 11.6 Å². The van der Waals surface area contributed by atoms with Crippen LogP contribution in [0, 0.1) is 12.7 Å². The maximum absolute atomic E-state index is 13.3. The van der Waals surface area contributed by atoms with E-state index in [1.165, 1.54) is 41.4 Å². The molecule has 0 bridgehead atoms. The number of nitrogens with zero attached hydrogens (tertiary/aromatic N) is 2. The average molecular weight is 477 g/mol. The van der Waals surface area contributed by atoms with E-state index in [-0.39, 0.29) is 16.1 Å². The molecule has 0 saturated heterocycles. The van der Waals surface area contributed by atoms with Crippen molar-refractivity contribution in [3.8, 4) is 10.8 Å². The van der Waals surface area contributed by atoms with Gasteiger partial charge in [0.05, 0.1) is 11.1 Å². The number of anilines is 2. The predicted octanol–water partition coefficient (Wildman–Crippen LogP) is 4.49. The van der Waals surface area contributed by atoms with E-state index in [0.29, 0.717) is 16.5 Å². The van der Waals surface area contributed by atoms with Crippen LogP contribution < -0.4 is 19.7 Å². The van der Waals surface area contributed by atoms with Crippen LogP contribution in [0.3, 0.4) is 0 Å². The highest BCUT2D eigenvalue weighted by molar-refractivity contribution is 7.89. The lowest BCUT2D eigenvalue weighted by atomic mass is 10.2. The molecule has 1 saturated carbocycles. The van der Waals surface area contributed by atoms with E-state index in [4.69, 9.17) is 4.74 Å². The molecule has 3 aromatic rings. The minimum Gasteiger partial charge on any atom is -0.445 e. The van der Waals surface area contributed by atoms with Gasteiger partial charge in [0.2, 0.25) is 15.1 Å². The monoisotopic (exact) mass is 476 g/mol. The summed E-state index contributed by atoms with van der Waals surface area (Å²) in [6.45, 7) is 1.79. The first-order valence-electron chi connectivity index (χ1n) is 9.78. The molecule has 2 amide bonds. The van der Waals surface area contributed by atoms with Gasteiger partial charge in [0, 0.05) is 24.8 Å². The molecule has 168 valence electrons. The zero-order valence-electron chi connectivity index (χ0n) is 17.3. The van der Waals surface area contributed by atoms with Gasteiger partial charge in [-0.1, -0.05) is 23.5 Å². The summed E-state index contributed by atoms with van der Waals surface area (Å²) in [4.78, 5) is 18.3. The molecule has 1 aromatic heterocycles. The first-order valence-corrected chi connectivity index (χ1v) is 12.1. The molecule has 4 rings (SSSR count). The van der Waals surface area contributed by atoms with Gasteiger partial charge in [-0.3, -0.25) is 10.2 Å². The number of carbonyl (C=O) groups excluding carboxylic acids is 1. The van der Waals surface area contributed by atoms with Crippen LogP contribution in [-0.4, -0.2) is 32.5 Å². The molecule has 11 heteroatoms. The Balaban J connectivity index is 1.46. The van der Waals surface area contributed by atoms with E-state index < -0.39 is 21.9 Å². The van der Waals surface area contributed by atoms with Crippen LogP contribution in [-0.2, 0) is 10.0 Å². The molecular weight excluding hydrogens is 455 g/mol. The van der Waals surface area contributed by atoms with E-state index in [1.807, 2.05) is 0 Å². The van der Waals surface area contributed by atoms with Gasteiger partial charge in [-0.05, 0) is 49.6 Å². The lowest BCUT2D eigenvalue weighted by Gasteiger charge is -2.20. The number of thiazole rings is 1. The van der Waals surface area contributed by atoms with E-state index in [1.54, 1.807) is 26.1 Å². The lowest BCUT2D eigenvalue weighted by Crippen LogP contribution is -2.32. The number of amides is 2. The highest BCUT2D eigenvalue weighted by Crippen LogP contribution is 2.31. The summed E-state index contributed by atoms with van der Waals surface area (Å²) in [6.07, 6.45) is 3.09. The number of rotatable bonds is 7. The van der Waals surface area contributed by atoms with Crippen LogP contribution >= 0.6 is 11.3 Å². The SMILES string of the molecule is Cc1ccc(S(=O)(=O)NC2CC2)cc1N(C)C(=O)Nc1ncc(Oc2cccc(F)c2)s1. The Hall–Kier alpha value is -3.02. The molecule has 1 aliphatic rings. The maximum Gasteiger partial charge on any atom is 0.327 e. The second-order valence-corrected chi connectivity index (χ2v) is 10.1. The van der Waals surface area contributed by atoms with Gasteiger partial charge in [-0.15, -0.1) is 0 Å². The zero-order valence-corrected chi connectivity index (χ0v) is 19.0. The summed E-state index contributed by atoms with van der Waals surface area (Å²) >= 11 is 1.08. The number of aryl methyl sites for hydroxylation is 1. The van der Waals surface area contributed by atoms with E-state index in [9.17, 15) is 17.6 Å². The number of hydrogen-bond donors (Lipinski definition) is 2. The molecule has 1 heterocycles. The van der Waals surface area contributed by atoms with E-state index >= 15 is 0 Å². The number of benzene rings is 2. The summed E-state index contributed by atoms with van der Waals surface area (Å²) in [5.41, 5.74) is 1.19. The Kier molecular flexibility index (Phi) is 6.13. The van der Waals surface area contributed by atoms with Crippen LogP contribution in [0.1, 0.15) is 18.4 Å². The molecule has 0 radical (unpaired) electrons. The molecule has 8 nitrogen and oxygen atoms in total. The maximum atomic E-state index is 13.3. The van der Waals surface area contributed by atoms with Crippen LogP contribution in [0.5, 0.6) is 10.8 Å². The first-order chi connectivity index (χ1) is 15.2. The standard InChI is InChI=1S/C21H21FN4O4S2/c1-13-6-9-17(32(28,29)25-15-7-8-15)11-18(13)26(2)21(27)24-20-23-12-19(31-20)30-16-5-3-4-14(22)10-16/h3-6,9-12,15,25H,7-8H2,1-2H3,(H,23,24,27). The number of nitrogens with one attached hydrogen (secondary N) is 2. The molecule has 1 fully saturated rings. The van der Waals surface area contributed by atoms with Gasteiger partial charge in [0.25, 0.3) is 0 Å². The van der Waals surface area contributed by atoms with Gasteiger partial charge in [0.15, 0.2) is 5.13 Å². The highest BCUT2D eigenvalue weighted by Gasteiger charge is 2.28. The third-order valence-corrected chi connectivity index (χ3v) is 7.08. The fourth-order valence-corrected chi connectivity index (χ4v) is 4.90. The second kappa shape index (κ2) is 8.85. The van der Waals surface area contributed by atoms with Crippen LogP contribution in [0.25, 0.3) is 0 Å². The Morgan fingerprint density at radius 2 is 2.03 bits per heavy atom. The molecule has 0 aliphatic heterocycles. The number of sulfonamides is 1. The van der Waals surface area contributed by atoms with Crippen molar-refractivity contribution in [3.05, 3.63) is 60.0 Å². The molecule has 32 heavy (non-hydrogen) atoms. The zero-order chi connectivity index (χ0) is 22.9. The Morgan fingerprint density at radius 1 is 1.25 bits per heavy atom. The largest absolute Gasteiger partial charge is 0.445 e. The van der Waals surface area contributed by atoms with E-state index in [0.717, 1.165) is 29.7 Å². The van der Waals surface area contributed by atoms with Gasteiger partial charge < -0.3 is 4.74 Å². The molecule has 0 atom stereocenters. The number of urea groups is 1. The average Bonchev–Trinajstić information content (AvgIpc) is 3.44. The van der Waals surface area contributed by atoms with Crippen molar-refractivity contribution in [2.75, 3.05) is 17.3 Å². The minimum absolute atomic E-state index is 0.0144. The number of halogens is 1. The van der Waals surface area contributed by atoms with Crippen LogP contribution in [0.15, 0.2) is 53.6 Å². The van der Waals surface area contributed by atoms with Gasteiger partial charge >= 0.3 is 6.03 Å². The lowest BCUT2D eigenvalue weighted by molar-refractivity contribution is 0.258. The Morgan fingerprint density at radius 3 is 2.75 bits per heavy atom. The number of hydrogen-bond acceptors (Lipinski definition) is 6. The predicted molar refractivity (Wildman–Crippen MR) is 121 cm³/mol. The molecule has 0 spiro atoms. The summed E-state index contributed by atoms with van der Waals surface area (Å²) < 4.78 is 46.5. The summed E-state index contributed by atoms with van der Waals surface area (Å²) in [5.74, 6) is -0.105. The molecule has 2 N–H and O–H groups in total. The fraction of sp³-hybridized carbons (Fsp3) is 0.238. The van der Waals surface area contributed by atoms with Crippen LogP contribution in [0.4, 0.5) is 20.0 Å². The molecule has 1 aliphatic carbocycles. The van der Waals surface area contributed by atoms with Crippen molar-refractivity contribution < 1.29 is 22.3 Å². The van der Waals surface area contributed by atoms with Crippen molar-refractivity contribution in [2.45, 2.75) is 30.7 Å². The second-order valence-electron chi connectivity index (χ2n) is 7.38. The van der Waals surface area contributed by atoms with Crippen molar-refractivity contribution in [1.82, 2.24) is 9.71 Å². The van der Waals surface area contributed by atoms with Crippen molar-refractivity contribution in [2.24, 2.45) is 0 Å². The molecular formula is C21H21FN4O4S2. The van der Waals surface area contributed by atoms with Crippen molar-refractivity contribution in [1.29, 1.82) is 0 Å². The summed E-state index contributed by atoms with van der Waals surface area (Å²) in [5, 5.41) is 3.32. The van der Waals surface area contributed by atoms with Gasteiger partial charge in [-0.25, -0.2) is 27.3 Å². The fourth-order valence-electron chi connectivity index (χ4n) is 2.90. The van der Waals surface area contributed by atoms with Gasteiger partial charge in [-0.2, -0.15) is 0 Å². The summed E-state index contributed by atoms with van der Waals surface area (Å²) in [7, 11) is -2.10.